The zero-order valence-electron chi connectivity index (χ0n) is 22.8. The Morgan fingerprint density at radius 1 is 0.886 bits per heavy atom. The fourth-order valence-electron chi connectivity index (χ4n) is 7.12. The molecule has 5 atom stereocenters. The van der Waals surface area contributed by atoms with Crippen LogP contribution in [-0.2, 0) is 12.8 Å². The monoisotopic (exact) mass is 478 g/mol. The van der Waals surface area contributed by atoms with E-state index in [9.17, 15) is 10.2 Å². The standard InChI is InChI=1S/C18H24O2.C13H20.C2H6/c1-18-9-8-14-13-5-3-12(19)10-11(13)2-4-15(14)16(18)6-7-17(18)20;1-2-3-4-5-7-10-13-11-8-6-9-12-13;1-2/h3,5,10,14-17,19-20H,2,4,6-9H2,1H3;6,8-9,11-12H,2-5,7,10H2,1H3;1-2H3/t14-,15?,16?,17?,18?;;/m1../s1. The van der Waals surface area contributed by atoms with Crippen molar-refractivity contribution in [2.24, 2.45) is 17.3 Å². The molecule has 2 heteroatoms. The van der Waals surface area contributed by atoms with Crippen LogP contribution >= 0.6 is 0 Å². The summed E-state index contributed by atoms with van der Waals surface area (Å²) >= 11 is 0. The van der Waals surface area contributed by atoms with Gasteiger partial charge in [0.2, 0.25) is 0 Å². The molecule has 0 aromatic heterocycles. The van der Waals surface area contributed by atoms with Crippen LogP contribution in [0, 0.1) is 17.3 Å². The number of hydrogen-bond donors (Lipinski definition) is 2. The molecule has 2 aromatic rings. The first-order chi connectivity index (χ1) is 17.0. The van der Waals surface area contributed by atoms with Crippen LogP contribution in [0.1, 0.15) is 115 Å². The molecule has 0 amide bonds. The molecule has 194 valence electrons. The zero-order chi connectivity index (χ0) is 25.3. The average molecular weight is 479 g/mol. The minimum Gasteiger partial charge on any atom is -0.508 e. The predicted octanol–water partition coefficient (Wildman–Crippen LogP) is 8.83. The largest absolute Gasteiger partial charge is 0.508 e. The van der Waals surface area contributed by atoms with Crippen molar-refractivity contribution in [3.8, 4) is 5.75 Å². The van der Waals surface area contributed by atoms with E-state index in [0.29, 0.717) is 17.6 Å². The van der Waals surface area contributed by atoms with Gasteiger partial charge in [-0.25, -0.2) is 0 Å². The molecule has 2 nitrogen and oxygen atoms in total. The van der Waals surface area contributed by atoms with Crippen molar-refractivity contribution in [2.75, 3.05) is 0 Å². The molecular formula is C33H50O2. The van der Waals surface area contributed by atoms with Crippen LogP contribution in [0.15, 0.2) is 48.5 Å². The van der Waals surface area contributed by atoms with E-state index in [-0.39, 0.29) is 11.5 Å². The second-order valence-corrected chi connectivity index (χ2v) is 11.1. The fraction of sp³-hybridized carbons (Fsp3) is 0.636. The Morgan fingerprint density at radius 2 is 1.63 bits per heavy atom. The summed E-state index contributed by atoms with van der Waals surface area (Å²) in [7, 11) is 0. The van der Waals surface area contributed by atoms with E-state index in [1.54, 1.807) is 0 Å². The Morgan fingerprint density at radius 3 is 2.37 bits per heavy atom. The molecule has 0 spiro atoms. The summed E-state index contributed by atoms with van der Waals surface area (Å²) in [5.41, 5.74) is 4.48. The van der Waals surface area contributed by atoms with Crippen molar-refractivity contribution >= 4 is 0 Å². The molecule has 0 heterocycles. The SMILES string of the molecule is CC.CC12CC[C@@H]3c4ccc(O)cc4CCC3C1CCC2O.CCCCCCCc1ccccc1. The number of unbranched alkanes of at least 4 members (excludes halogenated alkanes) is 4. The van der Waals surface area contributed by atoms with Gasteiger partial charge >= 0.3 is 0 Å². The Bertz CT molecular complexity index is 876. The highest BCUT2D eigenvalue weighted by Crippen LogP contribution is 2.60. The average Bonchev–Trinajstić information content (AvgIpc) is 3.20. The first kappa shape index (κ1) is 27.8. The van der Waals surface area contributed by atoms with E-state index >= 15 is 0 Å². The second-order valence-electron chi connectivity index (χ2n) is 11.1. The zero-order valence-corrected chi connectivity index (χ0v) is 22.8. The number of rotatable bonds is 6. The molecule has 0 radical (unpaired) electrons. The third-order valence-electron chi connectivity index (χ3n) is 9.07. The third-order valence-corrected chi connectivity index (χ3v) is 9.07. The molecule has 5 rings (SSSR count). The highest BCUT2D eigenvalue weighted by Gasteiger charge is 2.54. The van der Waals surface area contributed by atoms with Gasteiger partial charge in [0.05, 0.1) is 6.10 Å². The van der Waals surface area contributed by atoms with E-state index in [1.165, 1.54) is 74.5 Å². The number of phenolic OH excluding ortho intramolecular Hbond substituents is 1. The maximum absolute atomic E-state index is 10.4. The highest BCUT2D eigenvalue weighted by molar-refractivity contribution is 5.40. The lowest BCUT2D eigenvalue weighted by Gasteiger charge is -2.50. The van der Waals surface area contributed by atoms with Crippen LogP contribution in [0.3, 0.4) is 0 Å². The number of benzene rings is 2. The van der Waals surface area contributed by atoms with Crippen molar-refractivity contribution in [3.63, 3.8) is 0 Å². The van der Waals surface area contributed by atoms with E-state index < -0.39 is 0 Å². The predicted molar refractivity (Wildman–Crippen MR) is 149 cm³/mol. The molecule has 2 aromatic carbocycles. The molecule has 0 bridgehead atoms. The van der Waals surface area contributed by atoms with Crippen molar-refractivity contribution in [1.29, 1.82) is 0 Å². The Kier molecular flexibility index (Phi) is 10.7. The summed E-state index contributed by atoms with van der Waals surface area (Å²) in [5, 5.41) is 20.0. The molecule has 3 aliphatic rings. The summed E-state index contributed by atoms with van der Waals surface area (Å²) in [6.45, 7) is 8.58. The number of aliphatic hydroxyl groups excluding tert-OH is 1. The van der Waals surface area contributed by atoms with E-state index in [1.807, 2.05) is 26.0 Å². The second kappa shape index (κ2) is 13.5. The van der Waals surface area contributed by atoms with E-state index in [0.717, 1.165) is 25.2 Å². The Hall–Kier alpha value is -1.80. The first-order valence-electron chi connectivity index (χ1n) is 14.6. The number of phenols is 1. The van der Waals surface area contributed by atoms with E-state index in [4.69, 9.17) is 0 Å². The minimum absolute atomic E-state index is 0.0883. The van der Waals surface area contributed by atoms with Gasteiger partial charge in [0.25, 0.3) is 0 Å². The van der Waals surface area contributed by atoms with Crippen LogP contribution < -0.4 is 0 Å². The maximum Gasteiger partial charge on any atom is 0.115 e. The van der Waals surface area contributed by atoms with Crippen molar-refractivity contribution in [3.05, 3.63) is 65.2 Å². The molecule has 0 saturated heterocycles. The van der Waals surface area contributed by atoms with Gasteiger partial charge in [-0.05, 0) is 103 Å². The van der Waals surface area contributed by atoms with E-state index in [2.05, 4.69) is 50.2 Å². The maximum atomic E-state index is 10.4. The molecule has 3 aliphatic carbocycles. The van der Waals surface area contributed by atoms with Gasteiger partial charge in [0.1, 0.15) is 5.75 Å². The number of fused-ring (bicyclic) bond motifs is 5. The van der Waals surface area contributed by atoms with Crippen molar-refractivity contribution < 1.29 is 10.2 Å². The Balaban J connectivity index is 0.000000199. The van der Waals surface area contributed by atoms with Crippen LogP contribution in [0.4, 0.5) is 0 Å². The van der Waals surface area contributed by atoms with Gasteiger partial charge < -0.3 is 10.2 Å². The third kappa shape index (κ3) is 6.70. The van der Waals surface area contributed by atoms with Gasteiger partial charge in [-0.3, -0.25) is 0 Å². The van der Waals surface area contributed by atoms with Gasteiger partial charge in [-0.2, -0.15) is 0 Å². The summed E-state index contributed by atoms with van der Waals surface area (Å²) in [6, 6.07) is 16.7. The normalized spacial score (nSPS) is 28.4. The first-order valence-corrected chi connectivity index (χ1v) is 14.6. The van der Waals surface area contributed by atoms with Gasteiger partial charge in [-0.1, -0.05) is 89.8 Å². The fourth-order valence-corrected chi connectivity index (χ4v) is 7.12. The summed E-state index contributed by atoms with van der Waals surface area (Å²) in [5.74, 6) is 2.49. The molecule has 4 unspecified atom stereocenters. The summed E-state index contributed by atoms with van der Waals surface area (Å²) < 4.78 is 0. The van der Waals surface area contributed by atoms with Gasteiger partial charge in [-0.15, -0.1) is 0 Å². The molecule has 0 aliphatic heterocycles. The topological polar surface area (TPSA) is 40.5 Å². The highest BCUT2D eigenvalue weighted by atomic mass is 16.3. The van der Waals surface area contributed by atoms with Crippen LogP contribution in [0.5, 0.6) is 5.75 Å². The number of aryl methyl sites for hydroxylation is 2. The lowest BCUT2D eigenvalue weighted by molar-refractivity contribution is -0.0226. The molecule has 2 saturated carbocycles. The summed E-state index contributed by atoms with van der Waals surface area (Å²) in [4.78, 5) is 0. The number of hydrogen-bond acceptors (Lipinski definition) is 2. The van der Waals surface area contributed by atoms with Crippen LogP contribution in [0.2, 0.25) is 0 Å². The molecular weight excluding hydrogens is 428 g/mol. The lowest BCUT2D eigenvalue weighted by atomic mass is 9.55. The smallest absolute Gasteiger partial charge is 0.115 e. The summed E-state index contributed by atoms with van der Waals surface area (Å²) in [6.07, 6.45) is 14.9. The quantitative estimate of drug-likeness (QED) is 0.407. The van der Waals surface area contributed by atoms with Gasteiger partial charge in [0.15, 0.2) is 0 Å². The van der Waals surface area contributed by atoms with Gasteiger partial charge in [0, 0.05) is 0 Å². The van der Waals surface area contributed by atoms with Crippen molar-refractivity contribution in [1.82, 2.24) is 0 Å². The number of aromatic hydroxyl groups is 1. The molecule has 2 fully saturated rings. The molecule has 35 heavy (non-hydrogen) atoms. The minimum atomic E-state index is -0.0883. The molecule has 2 N–H and O–H groups in total. The Labute approximate surface area is 215 Å². The van der Waals surface area contributed by atoms with Crippen LogP contribution in [0.25, 0.3) is 0 Å². The van der Waals surface area contributed by atoms with Crippen LogP contribution in [-0.4, -0.2) is 16.3 Å². The van der Waals surface area contributed by atoms with Crippen molar-refractivity contribution in [2.45, 2.75) is 117 Å². The number of aliphatic hydroxyl groups is 1. The lowest BCUT2D eigenvalue weighted by Crippen LogP contribution is -2.43.